The number of benzene rings is 2. The third-order valence-corrected chi connectivity index (χ3v) is 3.21. The monoisotopic (exact) mass is 281 g/mol. The van der Waals surface area contributed by atoms with Crippen molar-refractivity contribution in [1.29, 1.82) is 0 Å². The van der Waals surface area contributed by atoms with Crippen LogP contribution in [0.5, 0.6) is 0 Å². The van der Waals surface area contributed by atoms with Crippen LogP contribution in [0.15, 0.2) is 42.5 Å². The van der Waals surface area contributed by atoms with Gasteiger partial charge >= 0.3 is 0 Å². The molecule has 1 atom stereocenters. The smallest absolute Gasteiger partial charge is 0.127 e. The van der Waals surface area contributed by atoms with Crippen LogP contribution in [0.25, 0.3) is 0 Å². The maximum Gasteiger partial charge on any atom is 0.127 e. The van der Waals surface area contributed by atoms with Gasteiger partial charge < -0.3 is 5.32 Å². The molecule has 0 aromatic heterocycles. The first kappa shape index (κ1) is 14.0. The van der Waals surface area contributed by atoms with Crippen molar-refractivity contribution in [2.75, 3.05) is 0 Å². The predicted octanol–water partition coefficient (Wildman–Crippen LogP) is 4.47. The van der Waals surface area contributed by atoms with Crippen LogP contribution < -0.4 is 5.32 Å². The van der Waals surface area contributed by atoms with Gasteiger partial charge in [-0.05, 0) is 31.2 Å². The minimum absolute atomic E-state index is 0.209. The lowest BCUT2D eigenvalue weighted by molar-refractivity contribution is 0.515. The highest BCUT2D eigenvalue weighted by Gasteiger charge is 2.10. The van der Waals surface area contributed by atoms with Gasteiger partial charge in [0.05, 0.1) is 0 Å². The summed E-state index contributed by atoms with van der Waals surface area (Å²) in [4.78, 5) is 0. The van der Waals surface area contributed by atoms with Crippen molar-refractivity contribution in [3.8, 4) is 0 Å². The molecule has 0 fully saturated rings. The van der Waals surface area contributed by atoms with Crippen molar-refractivity contribution in [3.05, 3.63) is 70.2 Å². The van der Waals surface area contributed by atoms with E-state index >= 15 is 0 Å². The zero-order valence-corrected chi connectivity index (χ0v) is 11.2. The van der Waals surface area contributed by atoms with E-state index in [2.05, 4.69) is 5.32 Å². The molecule has 100 valence electrons. The summed E-state index contributed by atoms with van der Waals surface area (Å²) in [6, 6.07) is 10.7. The van der Waals surface area contributed by atoms with E-state index in [1.807, 2.05) is 6.92 Å². The van der Waals surface area contributed by atoms with Crippen LogP contribution in [0.3, 0.4) is 0 Å². The van der Waals surface area contributed by atoms with Crippen LogP contribution in [0.1, 0.15) is 24.1 Å². The van der Waals surface area contributed by atoms with Crippen molar-refractivity contribution in [1.82, 2.24) is 5.32 Å². The summed E-state index contributed by atoms with van der Waals surface area (Å²) in [6.45, 7) is 2.13. The molecular weight excluding hydrogens is 268 g/mol. The molecule has 0 amide bonds. The van der Waals surface area contributed by atoms with Crippen LogP contribution in [0.4, 0.5) is 8.78 Å². The largest absolute Gasteiger partial charge is 0.306 e. The van der Waals surface area contributed by atoms with E-state index in [1.54, 1.807) is 24.3 Å². The Bertz CT molecular complexity index is 572. The van der Waals surface area contributed by atoms with E-state index in [0.29, 0.717) is 22.7 Å². The normalized spacial score (nSPS) is 12.4. The topological polar surface area (TPSA) is 12.0 Å². The molecule has 2 aromatic rings. The van der Waals surface area contributed by atoms with Gasteiger partial charge in [-0.25, -0.2) is 8.78 Å². The molecule has 19 heavy (non-hydrogen) atoms. The molecule has 0 spiro atoms. The predicted molar refractivity (Wildman–Crippen MR) is 73.1 cm³/mol. The molecule has 2 aromatic carbocycles. The van der Waals surface area contributed by atoms with E-state index in [9.17, 15) is 8.78 Å². The van der Waals surface area contributed by atoms with E-state index in [4.69, 9.17) is 11.6 Å². The van der Waals surface area contributed by atoms with Gasteiger partial charge in [-0.2, -0.15) is 0 Å². The minimum atomic E-state index is -0.322. The molecule has 0 bridgehead atoms. The van der Waals surface area contributed by atoms with Crippen LogP contribution in [0.2, 0.25) is 5.02 Å². The van der Waals surface area contributed by atoms with Gasteiger partial charge in [0.15, 0.2) is 0 Å². The Labute approximate surface area is 116 Å². The van der Waals surface area contributed by atoms with Crippen molar-refractivity contribution < 1.29 is 8.78 Å². The minimum Gasteiger partial charge on any atom is -0.306 e. The molecule has 1 nitrogen and oxygen atoms in total. The Kier molecular flexibility index (Phi) is 4.51. The number of nitrogens with one attached hydrogen (secondary N) is 1. The Hall–Kier alpha value is -1.45. The number of rotatable bonds is 4. The summed E-state index contributed by atoms with van der Waals surface area (Å²) >= 11 is 5.82. The molecule has 4 heteroatoms. The molecular formula is C15H14ClF2N. The number of halogens is 3. The molecule has 0 unspecified atom stereocenters. The summed E-state index contributed by atoms with van der Waals surface area (Å²) in [5.74, 6) is -0.591. The Morgan fingerprint density at radius 2 is 1.84 bits per heavy atom. The van der Waals surface area contributed by atoms with Gasteiger partial charge in [-0.15, -0.1) is 0 Å². The zero-order chi connectivity index (χ0) is 13.8. The summed E-state index contributed by atoms with van der Waals surface area (Å²) < 4.78 is 27.1. The highest BCUT2D eigenvalue weighted by Crippen LogP contribution is 2.19. The third-order valence-electron chi connectivity index (χ3n) is 2.98. The quantitative estimate of drug-likeness (QED) is 0.872. The molecule has 2 rings (SSSR count). The van der Waals surface area contributed by atoms with Crippen LogP contribution >= 0.6 is 11.6 Å². The fourth-order valence-corrected chi connectivity index (χ4v) is 2.07. The molecule has 0 aliphatic carbocycles. The molecule has 0 aliphatic rings. The second kappa shape index (κ2) is 6.13. The number of hydrogen-bond donors (Lipinski definition) is 1. The molecule has 0 aliphatic heterocycles. The lowest BCUT2D eigenvalue weighted by Crippen LogP contribution is -2.19. The van der Waals surface area contributed by atoms with Crippen molar-refractivity contribution in [2.45, 2.75) is 19.5 Å². The zero-order valence-electron chi connectivity index (χ0n) is 10.5. The summed E-state index contributed by atoms with van der Waals surface area (Å²) in [7, 11) is 0. The first-order valence-electron chi connectivity index (χ1n) is 5.99. The first-order valence-corrected chi connectivity index (χ1v) is 6.37. The number of hydrogen-bond acceptors (Lipinski definition) is 1. The average Bonchev–Trinajstić information content (AvgIpc) is 2.40. The Morgan fingerprint density at radius 3 is 2.58 bits per heavy atom. The van der Waals surface area contributed by atoms with Gasteiger partial charge in [0.25, 0.3) is 0 Å². The van der Waals surface area contributed by atoms with E-state index in [0.717, 1.165) is 0 Å². The van der Waals surface area contributed by atoms with Gasteiger partial charge in [0.2, 0.25) is 0 Å². The molecule has 0 saturated heterocycles. The van der Waals surface area contributed by atoms with Gasteiger partial charge in [-0.3, -0.25) is 0 Å². The second-order valence-electron chi connectivity index (χ2n) is 4.36. The highest BCUT2D eigenvalue weighted by molar-refractivity contribution is 6.30. The standard InChI is InChI=1S/C15H14ClF2N/c1-10(13-4-2-3-5-15(13)18)19-9-11-8-12(16)6-7-14(11)17/h2-8,10,19H,9H2,1H3/t10-/m1/s1. The first-order chi connectivity index (χ1) is 9.08. The molecule has 0 radical (unpaired) electrons. The maximum atomic E-state index is 13.6. The highest BCUT2D eigenvalue weighted by atomic mass is 35.5. The van der Waals surface area contributed by atoms with Crippen LogP contribution in [-0.4, -0.2) is 0 Å². The molecule has 0 saturated carbocycles. The fourth-order valence-electron chi connectivity index (χ4n) is 1.88. The van der Waals surface area contributed by atoms with Crippen LogP contribution in [0, 0.1) is 11.6 Å². The van der Waals surface area contributed by atoms with E-state index in [1.165, 1.54) is 18.2 Å². The SMILES string of the molecule is C[C@@H](NCc1cc(Cl)ccc1F)c1ccccc1F. The Morgan fingerprint density at radius 1 is 1.11 bits per heavy atom. The Balaban J connectivity index is 2.06. The van der Waals surface area contributed by atoms with Gasteiger partial charge in [-0.1, -0.05) is 29.8 Å². The second-order valence-corrected chi connectivity index (χ2v) is 4.80. The molecule has 0 heterocycles. The summed E-state index contributed by atoms with van der Waals surface area (Å²) in [5.41, 5.74) is 1.03. The van der Waals surface area contributed by atoms with E-state index < -0.39 is 0 Å². The summed E-state index contributed by atoms with van der Waals surface area (Å²) in [6.07, 6.45) is 0. The van der Waals surface area contributed by atoms with Crippen molar-refractivity contribution >= 4 is 11.6 Å². The molecule has 1 N–H and O–H groups in total. The van der Waals surface area contributed by atoms with E-state index in [-0.39, 0.29) is 17.7 Å². The summed E-state index contributed by atoms with van der Waals surface area (Å²) in [5, 5.41) is 3.57. The average molecular weight is 282 g/mol. The lowest BCUT2D eigenvalue weighted by atomic mass is 10.1. The fraction of sp³-hybridized carbons (Fsp3) is 0.200. The lowest BCUT2D eigenvalue weighted by Gasteiger charge is -2.15. The van der Waals surface area contributed by atoms with Crippen molar-refractivity contribution in [2.24, 2.45) is 0 Å². The third kappa shape index (κ3) is 3.52. The maximum absolute atomic E-state index is 13.6. The van der Waals surface area contributed by atoms with Gasteiger partial charge in [0.1, 0.15) is 11.6 Å². The van der Waals surface area contributed by atoms with Gasteiger partial charge in [0, 0.05) is 28.7 Å². The van der Waals surface area contributed by atoms with Crippen molar-refractivity contribution in [3.63, 3.8) is 0 Å². The van der Waals surface area contributed by atoms with Crippen LogP contribution in [-0.2, 0) is 6.54 Å².